The van der Waals surface area contributed by atoms with Gasteiger partial charge in [0, 0.05) is 6.42 Å². The first-order valence-electron chi connectivity index (χ1n) is 3.19. The fourth-order valence-corrected chi connectivity index (χ4v) is 0.561. The Labute approximate surface area is 76.9 Å². The Morgan fingerprint density at radius 1 is 1.36 bits per heavy atom. The molecule has 0 fully saturated rings. The third-order valence-electron chi connectivity index (χ3n) is 1.55. The minimum absolute atomic E-state index is 0. The Morgan fingerprint density at radius 3 is 1.82 bits per heavy atom. The van der Waals surface area contributed by atoms with Crippen molar-refractivity contribution < 1.29 is 14.7 Å². The lowest BCUT2D eigenvalue weighted by atomic mass is 9.87. The molecule has 0 aromatic rings. The fraction of sp³-hybridized carbons (Fsp3) is 0.714. The van der Waals surface area contributed by atoms with E-state index in [0.717, 1.165) is 0 Å². The minimum Gasteiger partial charge on any atom is -0.481 e. The smallest absolute Gasteiger partial charge is 0.316 e. The number of carboxylic acids is 1. The van der Waals surface area contributed by atoms with Gasteiger partial charge in [0.05, 0.1) is 0 Å². The van der Waals surface area contributed by atoms with Crippen molar-refractivity contribution in [3.63, 3.8) is 0 Å². The summed E-state index contributed by atoms with van der Waals surface area (Å²) in [5, 5.41) is 8.52. The molecule has 0 aliphatic carbocycles. The third-order valence-corrected chi connectivity index (χ3v) is 1.55. The molecule has 1 N–H and O–H groups in total. The van der Waals surface area contributed by atoms with Gasteiger partial charge < -0.3 is 5.11 Å². The number of carbonyl (C=O) groups excluding carboxylic acids is 1. The van der Waals surface area contributed by atoms with Crippen LogP contribution in [0.3, 0.4) is 0 Å². The van der Waals surface area contributed by atoms with Crippen molar-refractivity contribution in [2.24, 2.45) is 5.41 Å². The van der Waals surface area contributed by atoms with Crippen molar-refractivity contribution in [2.45, 2.75) is 27.2 Å². The van der Waals surface area contributed by atoms with Crippen molar-refractivity contribution in [1.82, 2.24) is 0 Å². The lowest BCUT2D eigenvalue weighted by Crippen LogP contribution is -2.32. The molecule has 0 rings (SSSR count). The van der Waals surface area contributed by atoms with Crippen LogP contribution in [0.25, 0.3) is 0 Å². The van der Waals surface area contributed by atoms with Crippen molar-refractivity contribution in [3.8, 4) is 0 Å². The highest BCUT2D eigenvalue weighted by Crippen LogP contribution is 2.17. The zero-order valence-corrected chi connectivity index (χ0v) is 6.47. The summed E-state index contributed by atoms with van der Waals surface area (Å²) in [6, 6.07) is 0. The summed E-state index contributed by atoms with van der Waals surface area (Å²) in [5.74, 6) is -1.29. The van der Waals surface area contributed by atoms with E-state index in [-0.39, 0.29) is 29.6 Å². The first kappa shape index (κ1) is 13.3. The standard InChI is InChI=1S/C7H12O3.Al.3H/c1-4-5(8)7(2,3)6(9)10;;;;/h4H2,1-3H3,(H,9,10);;;;. The molecule has 0 aliphatic heterocycles. The maximum absolute atomic E-state index is 10.9. The number of carbonyl (C=O) groups is 2. The van der Waals surface area contributed by atoms with Gasteiger partial charge >= 0.3 is 5.97 Å². The van der Waals surface area contributed by atoms with Crippen molar-refractivity contribution in [3.05, 3.63) is 0 Å². The molecule has 0 atom stereocenters. The van der Waals surface area contributed by atoms with E-state index in [1.807, 2.05) is 0 Å². The van der Waals surface area contributed by atoms with E-state index in [4.69, 9.17) is 5.11 Å². The number of ketones is 1. The van der Waals surface area contributed by atoms with Gasteiger partial charge in [-0.15, -0.1) is 0 Å². The quantitative estimate of drug-likeness (QED) is 0.480. The van der Waals surface area contributed by atoms with Gasteiger partial charge in [-0.05, 0) is 13.8 Å². The molecule has 0 heterocycles. The average molecular weight is 174 g/mol. The number of rotatable bonds is 3. The molecule has 4 heteroatoms. The zero-order chi connectivity index (χ0) is 8.36. The first-order valence-corrected chi connectivity index (χ1v) is 3.19. The summed E-state index contributed by atoms with van der Waals surface area (Å²) in [6.07, 6.45) is 0.277. The maximum Gasteiger partial charge on any atom is 0.316 e. The van der Waals surface area contributed by atoms with Crippen LogP contribution >= 0.6 is 0 Å². The number of hydrogen-bond acceptors (Lipinski definition) is 2. The zero-order valence-electron chi connectivity index (χ0n) is 6.47. The number of Topliss-reactive ketones (excluding diaryl/α,β-unsaturated/α-hetero) is 1. The van der Waals surface area contributed by atoms with E-state index >= 15 is 0 Å². The van der Waals surface area contributed by atoms with Crippen molar-refractivity contribution in [1.29, 1.82) is 0 Å². The highest BCUT2D eigenvalue weighted by Gasteiger charge is 2.33. The normalized spacial score (nSPS) is 10.1. The second-order valence-electron chi connectivity index (χ2n) is 2.71. The molecule has 0 bridgehead atoms. The van der Waals surface area contributed by atoms with Gasteiger partial charge in [-0.2, -0.15) is 0 Å². The fourth-order valence-electron chi connectivity index (χ4n) is 0.561. The van der Waals surface area contributed by atoms with Gasteiger partial charge in [-0.3, -0.25) is 9.59 Å². The highest BCUT2D eigenvalue weighted by atomic mass is 27.0. The monoisotopic (exact) mass is 174 g/mol. The van der Waals surface area contributed by atoms with Crippen LogP contribution in [0.2, 0.25) is 0 Å². The molecule has 0 saturated carbocycles. The second-order valence-corrected chi connectivity index (χ2v) is 2.71. The van der Waals surface area contributed by atoms with Crippen LogP contribution in [0.1, 0.15) is 27.2 Å². The summed E-state index contributed by atoms with van der Waals surface area (Å²) in [6.45, 7) is 4.50. The predicted octanol–water partition coefficient (Wildman–Crippen LogP) is -0.108. The van der Waals surface area contributed by atoms with Gasteiger partial charge in [0.15, 0.2) is 17.4 Å². The van der Waals surface area contributed by atoms with Crippen molar-refractivity contribution in [2.75, 3.05) is 0 Å². The molecule has 64 valence electrons. The molecular weight excluding hydrogens is 159 g/mol. The van der Waals surface area contributed by atoms with Crippen LogP contribution in [0, 0.1) is 5.41 Å². The number of hydrogen-bond donors (Lipinski definition) is 1. The first-order chi connectivity index (χ1) is 4.42. The summed E-state index contributed by atoms with van der Waals surface area (Å²) in [4.78, 5) is 21.3. The lowest BCUT2D eigenvalue weighted by Gasteiger charge is -2.15. The molecule has 0 aromatic carbocycles. The minimum atomic E-state index is -1.21. The third kappa shape index (κ3) is 3.05. The highest BCUT2D eigenvalue weighted by molar-refractivity contribution is 6.01. The van der Waals surface area contributed by atoms with E-state index in [0.29, 0.717) is 0 Å². The Hall–Kier alpha value is -0.328. The summed E-state index contributed by atoms with van der Waals surface area (Å²) < 4.78 is 0. The predicted molar refractivity (Wildman–Crippen MR) is 46.7 cm³/mol. The molecule has 0 amide bonds. The maximum atomic E-state index is 10.9. The molecule has 0 aliphatic rings. The van der Waals surface area contributed by atoms with E-state index in [2.05, 4.69) is 0 Å². The molecule has 11 heavy (non-hydrogen) atoms. The molecular formula is C7H15AlO3. The topological polar surface area (TPSA) is 54.4 Å². The molecule has 3 nitrogen and oxygen atoms in total. The van der Waals surface area contributed by atoms with Gasteiger partial charge in [-0.25, -0.2) is 0 Å². The Bertz CT molecular complexity index is 163. The van der Waals surface area contributed by atoms with Crippen LogP contribution in [0.15, 0.2) is 0 Å². The van der Waals surface area contributed by atoms with Crippen LogP contribution in [-0.4, -0.2) is 34.2 Å². The Morgan fingerprint density at radius 2 is 1.73 bits per heavy atom. The largest absolute Gasteiger partial charge is 0.481 e. The van der Waals surface area contributed by atoms with Crippen LogP contribution in [0.5, 0.6) is 0 Å². The molecule has 0 unspecified atom stereocenters. The Kier molecular flexibility index (Phi) is 5.47. The Balaban J connectivity index is 0. The van der Waals surface area contributed by atoms with Crippen LogP contribution < -0.4 is 0 Å². The number of aliphatic carboxylic acids is 1. The summed E-state index contributed by atoms with van der Waals surface area (Å²) >= 11 is 0. The SMILES string of the molecule is CCC(=O)C(C)(C)C(=O)O.[AlH3]. The summed E-state index contributed by atoms with van der Waals surface area (Å²) in [5.41, 5.74) is -1.21. The lowest BCUT2D eigenvalue weighted by molar-refractivity contribution is -0.152. The molecule has 0 aromatic heterocycles. The van der Waals surface area contributed by atoms with E-state index in [9.17, 15) is 9.59 Å². The molecule has 0 radical (unpaired) electrons. The van der Waals surface area contributed by atoms with Crippen LogP contribution in [-0.2, 0) is 9.59 Å². The van der Waals surface area contributed by atoms with Gasteiger partial charge in [0.25, 0.3) is 0 Å². The number of carboxylic acid groups (broad SMARTS) is 1. The average Bonchev–Trinajstić information content (AvgIpc) is 1.86. The van der Waals surface area contributed by atoms with Crippen LogP contribution in [0.4, 0.5) is 0 Å². The molecule has 0 spiro atoms. The van der Waals surface area contributed by atoms with E-state index in [1.54, 1.807) is 6.92 Å². The van der Waals surface area contributed by atoms with Gasteiger partial charge in [0.1, 0.15) is 11.2 Å². The van der Waals surface area contributed by atoms with Gasteiger partial charge in [-0.1, -0.05) is 6.92 Å². The molecule has 0 saturated heterocycles. The second kappa shape index (κ2) is 4.53. The van der Waals surface area contributed by atoms with E-state index < -0.39 is 11.4 Å². The van der Waals surface area contributed by atoms with E-state index in [1.165, 1.54) is 13.8 Å². The van der Waals surface area contributed by atoms with Gasteiger partial charge in [0.2, 0.25) is 0 Å². The van der Waals surface area contributed by atoms with Crippen molar-refractivity contribution >= 4 is 29.1 Å². The summed E-state index contributed by atoms with van der Waals surface area (Å²) in [7, 11) is 0.